The summed E-state index contributed by atoms with van der Waals surface area (Å²) in [6.07, 6.45) is 1.06. The second kappa shape index (κ2) is 6.75. The summed E-state index contributed by atoms with van der Waals surface area (Å²) in [4.78, 5) is 8.07. The summed E-state index contributed by atoms with van der Waals surface area (Å²) in [5.74, 6) is 2.68. The largest absolute Gasteiger partial charge is 0.497 e. The molecule has 124 valence electrons. The van der Waals surface area contributed by atoms with Gasteiger partial charge in [0.1, 0.15) is 5.75 Å². The smallest absolute Gasteiger partial charge is 0.231 e. The molecule has 1 aromatic carbocycles. The Hall–Kier alpha value is -2.18. The predicted octanol–water partition coefficient (Wildman–Crippen LogP) is 3.80. The van der Waals surface area contributed by atoms with E-state index in [0.717, 1.165) is 42.6 Å². The number of rotatable bonds is 5. The summed E-state index contributed by atoms with van der Waals surface area (Å²) >= 11 is 1.63. The second-order valence-corrected chi connectivity index (χ2v) is 6.95. The molecule has 0 aliphatic carbocycles. The van der Waals surface area contributed by atoms with E-state index < -0.39 is 0 Å². The van der Waals surface area contributed by atoms with Crippen molar-refractivity contribution in [2.24, 2.45) is 0 Å². The fraction of sp³-hybridized carbons (Fsp3) is 0.333. The van der Waals surface area contributed by atoms with Crippen molar-refractivity contribution >= 4 is 11.3 Å². The standard InChI is InChI=1S/C18H19N3O2S/c1-22-15-6-4-13(5-7-15)11-21-9-8-14(12-21)18-19-17(20-23-18)16-3-2-10-24-16/h2-7,10,14H,8-9,11-12H2,1H3. The third-order valence-corrected chi connectivity index (χ3v) is 5.24. The van der Waals surface area contributed by atoms with Gasteiger partial charge in [-0.2, -0.15) is 4.98 Å². The molecule has 1 unspecified atom stereocenters. The van der Waals surface area contributed by atoms with E-state index in [0.29, 0.717) is 11.7 Å². The van der Waals surface area contributed by atoms with Crippen LogP contribution in [0.25, 0.3) is 10.7 Å². The highest BCUT2D eigenvalue weighted by Gasteiger charge is 2.28. The molecule has 5 nitrogen and oxygen atoms in total. The average molecular weight is 341 g/mol. The third kappa shape index (κ3) is 3.20. The zero-order valence-corrected chi connectivity index (χ0v) is 14.3. The molecule has 0 saturated carbocycles. The minimum atomic E-state index is 0.324. The minimum Gasteiger partial charge on any atom is -0.497 e. The number of nitrogens with zero attached hydrogens (tertiary/aromatic N) is 3. The van der Waals surface area contributed by atoms with Crippen molar-refractivity contribution in [3.63, 3.8) is 0 Å². The number of hydrogen-bond acceptors (Lipinski definition) is 6. The van der Waals surface area contributed by atoms with Crippen LogP contribution < -0.4 is 4.74 Å². The Kier molecular flexibility index (Phi) is 4.32. The molecule has 24 heavy (non-hydrogen) atoms. The maximum Gasteiger partial charge on any atom is 0.231 e. The van der Waals surface area contributed by atoms with Gasteiger partial charge in [-0.25, -0.2) is 0 Å². The molecule has 6 heteroatoms. The number of ether oxygens (including phenoxy) is 1. The molecule has 3 heterocycles. The van der Waals surface area contributed by atoms with Crippen LogP contribution in [0.1, 0.15) is 23.8 Å². The Morgan fingerprint density at radius 3 is 2.92 bits per heavy atom. The van der Waals surface area contributed by atoms with Crippen molar-refractivity contribution in [2.45, 2.75) is 18.9 Å². The Morgan fingerprint density at radius 2 is 2.17 bits per heavy atom. The zero-order valence-electron chi connectivity index (χ0n) is 13.5. The van der Waals surface area contributed by atoms with Crippen LogP contribution in [-0.4, -0.2) is 35.2 Å². The Labute approximate surface area is 144 Å². The molecule has 3 aromatic rings. The number of benzene rings is 1. The summed E-state index contributed by atoms with van der Waals surface area (Å²) in [5.41, 5.74) is 1.29. The first-order valence-corrected chi connectivity index (χ1v) is 8.92. The van der Waals surface area contributed by atoms with E-state index >= 15 is 0 Å². The van der Waals surface area contributed by atoms with Crippen molar-refractivity contribution in [1.29, 1.82) is 0 Å². The van der Waals surface area contributed by atoms with Crippen LogP contribution in [0.3, 0.4) is 0 Å². The van der Waals surface area contributed by atoms with Crippen LogP contribution in [0, 0.1) is 0 Å². The SMILES string of the molecule is COc1ccc(CN2CCC(c3nc(-c4cccs4)no3)C2)cc1. The molecule has 1 aliphatic heterocycles. The van der Waals surface area contributed by atoms with Gasteiger partial charge in [0.15, 0.2) is 0 Å². The molecule has 0 radical (unpaired) electrons. The minimum absolute atomic E-state index is 0.324. The maximum absolute atomic E-state index is 5.50. The molecule has 2 aromatic heterocycles. The quantitative estimate of drug-likeness (QED) is 0.706. The van der Waals surface area contributed by atoms with Crippen LogP contribution >= 0.6 is 11.3 Å². The van der Waals surface area contributed by atoms with Crippen LogP contribution in [0.2, 0.25) is 0 Å². The number of likely N-dealkylation sites (tertiary alicyclic amines) is 1. The van der Waals surface area contributed by atoms with E-state index in [-0.39, 0.29) is 0 Å². The molecular weight excluding hydrogens is 322 g/mol. The van der Waals surface area contributed by atoms with E-state index in [1.54, 1.807) is 18.4 Å². The maximum atomic E-state index is 5.50. The lowest BCUT2D eigenvalue weighted by molar-refractivity contribution is 0.309. The first-order chi connectivity index (χ1) is 11.8. The molecule has 0 bridgehead atoms. The predicted molar refractivity (Wildman–Crippen MR) is 93.2 cm³/mol. The van der Waals surface area contributed by atoms with Gasteiger partial charge >= 0.3 is 0 Å². The highest BCUT2D eigenvalue weighted by Crippen LogP contribution is 2.29. The molecule has 0 N–H and O–H groups in total. The highest BCUT2D eigenvalue weighted by molar-refractivity contribution is 7.13. The van der Waals surface area contributed by atoms with Gasteiger partial charge in [0, 0.05) is 13.1 Å². The van der Waals surface area contributed by atoms with Gasteiger partial charge in [0.2, 0.25) is 11.7 Å². The van der Waals surface area contributed by atoms with Crippen molar-refractivity contribution < 1.29 is 9.26 Å². The van der Waals surface area contributed by atoms with Gasteiger partial charge in [0.05, 0.1) is 17.9 Å². The molecule has 1 saturated heterocycles. The van der Waals surface area contributed by atoms with Gasteiger partial charge in [0.25, 0.3) is 0 Å². The number of thiophene rings is 1. The summed E-state index contributed by atoms with van der Waals surface area (Å²) in [5, 5.41) is 6.15. The molecule has 4 rings (SSSR count). The average Bonchev–Trinajstić information content (AvgIpc) is 3.36. The van der Waals surface area contributed by atoms with Gasteiger partial charge in [-0.05, 0) is 42.1 Å². The fourth-order valence-corrected chi connectivity index (χ4v) is 3.72. The van der Waals surface area contributed by atoms with Gasteiger partial charge < -0.3 is 9.26 Å². The lowest BCUT2D eigenvalue weighted by Crippen LogP contribution is -2.19. The van der Waals surface area contributed by atoms with E-state index in [9.17, 15) is 0 Å². The highest BCUT2D eigenvalue weighted by atomic mass is 32.1. The topological polar surface area (TPSA) is 51.4 Å². The zero-order chi connectivity index (χ0) is 16.4. The first kappa shape index (κ1) is 15.4. The molecule has 1 atom stereocenters. The summed E-state index contributed by atoms with van der Waals surface area (Å²) < 4.78 is 10.7. The Morgan fingerprint density at radius 1 is 1.29 bits per heavy atom. The molecular formula is C18H19N3O2S. The third-order valence-electron chi connectivity index (χ3n) is 4.37. The molecule has 0 amide bonds. The van der Waals surface area contributed by atoms with Gasteiger partial charge in [-0.1, -0.05) is 23.4 Å². The Bertz CT molecular complexity index is 783. The van der Waals surface area contributed by atoms with E-state index in [2.05, 4.69) is 27.2 Å². The second-order valence-electron chi connectivity index (χ2n) is 6.00. The molecule has 0 spiro atoms. The van der Waals surface area contributed by atoms with E-state index in [1.807, 2.05) is 29.6 Å². The van der Waals surface area contributed by atoms with Gasteiger partial charge in [-0.3, -0.25) is 4.90 Å². The van der Waals surface area contributed by atoms with Crippen LogP contribution in [0.4, 0.5) is 0 Å². The fourth-order valence-electron chi connectivity index (χ4n) is 3.07. The van der Waals surface area contributed by atoms with Crippen molar-refractivity contribution in [3.05, 3.63) is 53.2 Å². The lowest BCUT2D eigenvalue weighted by Gasteiger charge is -2.15. The number of aromatic nitrogens is 2. The number of hydrogen-bond donors (Lipinski definition) is 0. The summed E-state index contributed by atoms with van der Waals surface area (Å²) in [6.45, 7) is 2.94. The van der Waals surface area contributed by atoms with Crippen LogP contribution in [-0.2, 0) is 6.54 Å². The molecule has 1 fully saturated rings. The van der Waals surface area contributed by atoms with Crippen molar-refractivity contribution in [2.75, 3.05) is 20.2 Å². The lowest BCUT2D eigenvalue weighted by atomic mass is 10.1. The van der Waals surface area contributed by atoms with E-state index in [1.165, 1.54) is 5.56 Å². The number of methoxy groups -OCH3 is 1. The van der Waals surface area contributed by atoms with Crippen molar-refractivity contribution in [1.82, 2.24) is 15.0 Å². The molecule has 1 aliphatic rings. The summed E-state index contributed by atoms with van der Waals surface area (Å²) in [7, 11) is 1.69. The van der Waals surface area contributed by atoms with E-state index in [4.69, 9.17) is 9.26 Å². The van der Waals surface area contributed by atoms with Gasteiger partial charge in [-0.15, -0.1) is 11.3 Å². The monoisotopic (exact) mass is 341 g/mol. The van der Waals surface area contributed by atoms with Crippen LogP contribution in [0.5, 0.6) is 5.75 Å². The summed E-state index contributed by atoms with van der Waals surface area (Å²) in [6, 6.07) is 12.3. The Balaban J connectivity index is 1.39. The first-order valence-electron chi connectivity index (χ1n) is 8.04. The van der Waals surface area contributed by atoms with Crippen molar-refractivity contribution in [3.8, 4) is 16.5 Å². The van der Waals surface area contributed by atoms with Crippen LogP contribution in [0.15, 0.2) is 46.3 Å². The normalized spacial score (nSPS) is 18.1.